The molecule has 3 heteroatoms. The Kier molecular flexibility index (Phi) is 3.01. The number of nitrogens with zero attached hydrogens (tertiary/aromatic N) is 1. The molecule has 1 amide bonds. The van der Waals surface area contributed by atoms with E-state index < -0.39 is 5.60 Å². The quantitative estimate of drug-likeness (QED) is 0.819. The molecule has 2 aliphatic rings. The maximum Gasteiger partial charge on any atom is 0.223 e. The monoisotopic (exact) mass is 239 g/mol. The zero-order valence-corrected chi connectivity index (χ0v) is 11.5. The fourth-order valence-corrected chi connectivity index (χ4v) is 2.37. The fraction of sp³-hybridized carbons (Fsp3) is 0.929. The zero-order chi connectivity index (χ0) is 12.8. The molecule has 1 heterocycles. The Labute approximate surface area is 104 Å². The minimum absolute atomic E-state index is 0.174. The highest BCUT2D eigenvalue weighted by Gasteiger charge is 2.53. The van der Waals surface area contributed by atoms with Crippen molar-refractivity contribution in [3.63, 3.8) is 0 Å². The number of carbonyl (C=O) groups is 1. The summed E-state index contributed by atoms with van der Waals surface area (Å²) >= 11 is 0. The van der Waals surface area contributed by atoms with Crippen molar-refractivity contribution in [2.45, 2.75) is 52.6 Å². The van der Waals surface area contributed by atoms with Crippen LogP contribution in [0.1, 0.15) is 47.0 Å². The van der Waals surface area contributed by atoms with Crippen molar-refractivity contribution in [2.24, 2.45) is 17.3 Å². The van der Waals surface area contributed by atoms with Crippen molar-refractivity contribution in [1.82, 2.24) is 4.90 Å². The molecule has 0 bridgehead atoms. The van der Waals surface area contributed by atoms with E-state index in [0.29, 0.717) is 31.3 Å². The molecule has 0 spiro atoms. The average Bonchev–Trinajstić information content (AvgIpc) is 2.93. The molecular formula is C14H25NO2. The minimum Gasteiger partial charge on any atom is -0.386 e. The largest absolute Gasteiger partial charge is 0.386 e. The van der Waals surface area contributed by atoms with Gasteiger partial charge in [-0.3, -0.25) is 4.79 Å². The van der Waals surface area contributed by atoms with Gasteiger partial charge in [-0.05, 0) is 30.1 Å². The van der Waals surface area contributed by atoms with Crippen molar-refractivity contribution in [3.05, 3.63) is 0 Å². The Morgan fingerprint density at radius 3 is 2.35 bits per heavy atom. The van der Waals surface area contributed by atoms with Crippen molar-refractivity contribution in [2.75, 3.05) is 13.1 Å². The molecule has 2 fully saturated rings. The Bertz CT molecular complexity index is 309. The first-order valence-corrected chi connectivity index (χ1v) is 6.72. The highest BCUT2D eigenvalue weighted by Crippen LogP contribution is 2.44. The first-order chi connectivity index (χ1) is 7.72. The van der Waals surface area contributed by atoms with Crippen LogP contribution < -0.4 is 0 Å². The Balaban J connectivity index is 1.79. The van der Waals surface area contributed by atoms with E-state index in [9.17, 15) is 9.90 Å². The van der Waals surface area contributed by atoms with Gasteiger partial charge in [0.05, 0.1) is 13.1 Å². The lowest BCUT2D eigenvalue weighted by atomic mass is 9.79. The molecule has 1 aliphatic carbocycles. The molecule has 1 atom stereocenters. The van der Waals surface area contributed by atoms with E-state index in [1.807, 2.05) is 4.90 Å². The van der Waals surface area contributed by atoms with Crippen molar-refractivity contribution < 1.29 is 9.90 Å². The highest BCUT2D eigenvalue weighted by molar-refractivity contribution is 5.77. The van der Waals surface area contributed by atoms with Gasteiger partial charge in [-0.15, -0.1) is 0 Å². The number of hydrogen-bond acceptors (Lipinski definition) is 2. The van der Waals surface area contributed by atoms with Gasteiger partial charge in [0.25, 0.3) is 0 Å². The van der Waals surface area contributed by atoms with Crippen molar-refractivity contribution in [1.29, 1.82) is 0 Å². The van der Waals surface area contributed by atoms with Gasteiger partial charge in [0.1, 0.15) is 5.60 Å². The summed E-state index contributed by atoms with van der Waals surface area (Å²) < 4.78 is 0. The van der Waals surface area contributed by atoms with Gasteiger partial charge in [0.2, 0.25) is 5.91 Å². The molecule has 1 saturated carbocycles. The minimum atomic E-state index is -0.541. The summed E-state index contributed by atoms with van der Waals surface area (Å²) in [5.74, 6) is 1.05. The summed E-state index contributed by atoms with van der Waals surface area (Å²) in [6, 6.07) is 0. The number of hydrogen-bond donors (Lipinski definition) is 1. The predicted molar refractivity (Wildman–Crippen MR) is 67.5 cm³/mol. The molecule has 1 aliphatic heterocycles. The second-order valence-corrected chi connectivity index (χ2v) is 7.10. The van der Waals surface area contributed by atoms with Gasteiger partial charge in [-0.2, -0.15) is 0 Å². The van der Waals surface area contributed by atoms with E-state index in [2.05, 4.69) is 27.7 Å². The first kappa shape index (κ1) is 12.9. The summed E-state index contributed by atoms with van der Waals surface area (Å²) in [7, 11) is 0. The van der Waals surface area contributed by atoms with Crippen LogP contribution in [0.25, 0.3) is 0 Å². The summed E-state index contributed by atoms with van der Waals surface area (Å²) in [5, 5.41) is 10.2. The van der Waals surface area contributed by atoms with Crippen LogP contribution in [-0.2, 0) is 4.79 Å². The third kappa shape index (κ3) is 2.65. The first-order valence-electron chi connectivity index (χ1n) is 6.72. The standard InChI is InChI=1S/C14H25NO2/c1-10(13(2,3)4)7-12(16)15-8-14(17,9-15)11-5-6-11/h10-11,17H,5-9H2,1-4H3. The highest BCUT2D eigenvalue weighted by atomic mass is 16.3. The van der Waals surface area contributed by atoms with Gasteiger partial charge in [-0.1, -0.05) is 27.7 Å². The molecule has 98 valence electrons. The number of aliphatic hydroxyl groups is 1. The lowest BCUT2D eigenvalue weighted by molar-refractivity contribution is -0.160. The van der Waals surface area contributed by atoms with E-state index >= 15 is 0 Å². The summed E-state index contributed by atoms with van der Waals surface area (Å²) in [4.78, 5) is 13.8. The van der Waals surface area contributed by atoms with Gasteiger partial charge >= 0.3 is 0 Å². The van der Waals surface area contributed by atoms with Gasteiger partial charge in [0.15, 0.2) is 0 Å². The third-order valence-electron chi connectivity index (χ3n) is 4.58. The number of amides is 1. The Morgan fingerprint density at radius 2 is 1.94 bits per heavy atom. The van der Waals surface area contributed by atoms with Crippen LogP contribution >= 0.6 is 0 Å². The normalized spacial score (nSPS) is 25.4. The van der Waals surface area contributed by atoms with Crippen LogP contribution in [0.5, 0.6) is 0 Å². The molecule has 3 nitrogen and oxygen atoms in total. The van der Waals surface area contributed by atoms with Crippen LogP contribution in [0.3, 0.4) is 0 Å². The average molecular weight is 239 g/mol. The van der Waals surface area contributed by atoms with E-state index in [0.717, 1.165) is 12.8 Å². The predicted octanol–water partition coefficient (Wildman–Crippen LogP) is 2.04. The van der Waals surface area contributed by atoms with Crippen LogP contribution in [0.15, 0.2) is 0 Å². The molecule has 17 heavy (non-hydrogen) atoms. The maximum atomic E-state index is 12.0. The van der Waals surface area contributed by atoms with Gasteiger partial charge in [0, 0.05) is 6.42 Å². The van der Waals surface area contributed by atoms with Crippen LogP contribution in [0.4, 0.5) is 0 Å². The third-order valence-corrected chi connectivity index (χ3v) is 4.58. The second-order valence-electron chi connectivity index (χ2n) is 7.10. The van der Waals surface area contributed by atoms with E-state index in [-0.39, 0.29) is 11.3 Å². The molecule has 0 aromatic heterocycles. The van der Waals surface area contributed by atoms with Crippen LogP contribution in [0, 0.1) is 17.3 Å². The Morgan fingerprint density at radius 1 is 1.41 bits per heavy atom. The molecule has 0 radical (unpaired) electrons. The lowest BCUT2D eigenvalue weighted by Gasteiger charge is -2.47. The van der Waals surface area contributed by atoms with E-state index in [1.165, 1.54) is 0 Å². The number of rotatable bonds is 3. The van der Waals surface area contributed by atoms with E-state index in [1.54, 1.807) is 0 Å². The number of likely N-dealkylation sites (tertiary alicyclic amines) is 1. The maximum absolute atomic E-state index is 12.0. The SMILES string of the molecule is CC(CC(=O)N1CC(O)(C2CC2)C1)C(C)(C)C. The molecule has 0 aromatic carbocycles. The summed E-state index contributed by atoms with van der Waals surface area (Å²) in [5.41, 5.74) is -0.367. The van der Waals surface area contributed by atoms with E-state index in [4.69, 9.17) is 0 Å². The lowest BCUT2D eigenvalue weighted by Crippen LogP contribution is -2.64. The van der Waals surface area contributed by atoms with Crippen LogP contribution in [-0.4, -0.2) is 34.6 Å². The molecule has 1 saturated heterocycles. The van der Waals surface area contributed by atoms with Gasteiger partial charge in [-0.25, -0.2) is 0 Å². The van der Waals surface area contributed by atoms with Crippen molar-refractivity contribution >= 4 is 5.91 Å². The van der Waals surface area contributed by atoms with Crippen LogP contribution in [0.2, 0.25) is 0 Å². The summed E-state index contributed by atoms with van der Waals surface area (Å²) in [6.45, 7) is 9.76. The molecule has 2 rings (SSSR count). The summed E-state index contributed by atoms with van der Waals surface area (Å²) in [6.07, 6.45) is 2.87. The van der Waals surface area contributed by atoms with Gasteiger partial charge < -0.3 is 10.0 Å². The second kappa shape index (κ2) is 3.98. The molecule has 0 aromatic rings. The number of β-amino-alcohol motifs (C(OH)–C–C–N with tert-alkyl or cyclic N) is 1. The van der Waals surface area contributed by atoms with Crippen molar-refractivity contribution in [3.8, 4) is 0 Å². The molecular weight excluding hydrogens is 214 g/mol. The fourth-order valence-electron chi connectivity index (χ4n) is 2.37. The molecule has 1 unspecified atom stereocenters. The topological polar surface area (TPSA) is 40.5 Å². The molecule has 1 N–H and O–H groups in total. The zero-order valence-electron chi connectivity index (χ0n) is 11.5. The Hall–Kier alpha value is -0.570. The smallest absolute Gasteiger partial charge is 0.223 e. The number of carbonyl (C=O) groups excluding carboxylic acids is 1.